The predicted molar refractivity (Wildman–Crippen MR) is 61.8 cm³/mol. The maximum atomic E-state index is 5.76. The van der Waals surface area contributed by atoms with Gasteiger partial charge in [-0.15, -0.1) is 0 Å². The van der Waals surface area contributed by atoms with Crippen LogP contribution in [0.15, 0.2) is 0 Å². The topological polar surface area (TPSA) is 72.0 Å². The average Bonchev–Trinajstić information content (AvgIpc) is 2.22. The predicted octanol–water partition coefficient (Wildman–Crippen LogP) is 1.16. The highest BCUT2D eigenvalue weighted by atomic mass is 35.5. The molecule has 16 heavy (non-hydrogen) atoms. The van der Waals surface area contributed by atoms with E-state index in [4.69, 9.17) is 16.3 Å². The van der Waals surface area contributed by atoms with Gasteiger partial charge in [0.1, 0.15) is 0 Å². The number of methoxy groups -OCH3 is 1. The van der Waals surface area contributed by atoms with E-state index in [9.17, 15) is 0 Å². The van der Waals surface area contributed by atoms with Crippen LogP contribution in [0.3, 0.4) is 0 Å². The maximum absolute atomic E-state index is 5.76. The molecule has 2 N–H and O–H groups in total. The van der Waals surface area contributed by atoms with Crippen LogP contribution in [0.1, 0.15) is 12.8 Å². The number of ether oxygens (including phenoxy) is 1. The molecule has 1 aliphatic rings. The van der Waals surface area contributed by atoms with Crippen molar-refractivity contribution in [3.63, 3.8) is 0 Å². The summed E-state index contributed by atoms with van der Waals surface area (Å²) in [5, 5.41) is 6.20. The SMILES string of the molecule is CNc1nc(Cl)nc(NC2CC(OC)C2)n1. The van der Waals surface area contributed by atoms with E-state index in [1.165, 1.54) is 0 Å². The molecule has 0 amide bonds. The van der Waals surface area contributed by atoms with Crippen LogP contribution in [0.25, 0.3) is 0 Å². The minimum Gasteiger partial charge on any atom is -0.381 e. The van der Waals surface area contributed by atoms with Crippen LogP contribution in [0.5, 0.6) is 0 Å². The Hall–Kier alpha value is -1.14. The lowest BCUT2D eigenvalue weighted by atomic mass is 9.89. The highest BCUT2D eigenvalue weighted by molar-refractivity contribution is 6.28. The Kier molecular flexibility index (Phi) is 3.40. The number of hydrogen-bond donors (Lipinski definition) is 2. The molecule has 0 aromatic carbocycles. The fourth-order valence-electron chi connectivity index (χ4n) is 1.58. The van der Waals surface area contributed by atoms with Crippen molar-refractivity contribution in [2.75, 3.05) is 24.8 Å². The van der Waals surface area contributed by atoms with Gasteiger partial charge in [-0.05, 0) is 24.4 Å². The fourth-order valence-corrected chi connectivity index (χ4v) is 1.75. The van der Waals surface area contributed by atoms with Crippen molar-refractivity contribution in [1.82, 2.24) is 15.0 Å². The van der Waals surface area contributed by atoms with Crippen LogP contribution >= 0.6 is 11.6 Å². The quantitative estimate of drug-likeness (QED) is 0.827. The summed E-state index contributed by atoms with van der Waals surface area (Å²) in [5.41, 5.74) is 0. The third-order valence-corrected chi connectivity index (χ3v) is 2.76. The zero-order valence-electron chi connectivity index (χ0n) is 9.20. The van der Waals surface area contributed by atoms with E-state index in [1.54, 1.807) is 14.2 Å². The fraction of sp³-hybridized carbons (Fsp3) is 0.667. The molecule has 7 heteroatoms. The Morgan fingerprint density at radius 1 is 1.25 bits per heavy atom. The standard InChI is InChI=1S/C9H14ClN5O/c1-11-8-13-7(10)14-9(15-8)12-5-3-6(4-5)16-2/h5-6H,3-4H2,1-2H3,(H2,11,12,13,14,15). The summed E-state index contributed by atoms with van der Waals surface area (Å²) in [4.78, 5) is 12.1. The molecule has 1 aromatic rings. The number of nitrogens with zero attached hydrogens (tertiary/aromatic N) is 3. The molecule has 0 bridgehead atoms. The molecule has 1 saturated carbocycles. The molecule has 0 unspecified atom stereocenters. The number of nitrogens with one attached hydrogen (secondary N) is 2. The van der Waals surface area contributed by atoms with Gasteiger partial charge in [0, 0.05) is 20.2 Å². The van der Waals surface area contributed by atoms with Crippen molar-refractivity contribution in [2.24, 2.45) is 0 Å². The van der Waals surface area contributed by atoms with E-state index >= 15 is 0 Å². The number of hydrogen-bond acceptors (Lipinski definition) is 6. The second kappa shape index (κ2) is 4.80. The Balaban J connectivity index is 1.97. The van der Waals surface area contributed by atoms with Gasteiger partial charge in [0.2, 0.25) is 17.2 Å². The van der Waals surface area contributed by atoms with Crippen molar-refractivity contribution in [3.05, 3.63) is 5.28 Å². The smallest absolute Gasteiger partial charge is 0.229 e. The highest BCUT2D eigenvalue weighted by Gasteiger charge is 2.29. The Bertz CT molecular complexity index is 369. The summed E-state index contributed by atoms with van der Waals surface area (Å²) >= 11 is 5.76. The van der Waals surface area contributed by atoms with Crippen LogP contribution < -0.4 is 10.6 Å². The molecule has 0 saturated heterocycles. The monoisotopic (exact) mass is 243 g/mol. The van der Waals surface area contributed by atoms with E-state index in [2.05, 4.69) is 25.6 Å². The molecule has 0 spiro atoms. The van der Waals surface area contributed by atoms with Gasteiger partial charge in [-0.1, -0.05) is 0 Å². The van der Waals surface area contributed by atoms with E-state index in [0.29, 0.717) is 24.0 Å². The van der Waals surface area contributed by atoms with Gasteiger partial charge in [0.15, 0.2) is 0 Å². The first-order valence-corrected chi connectivity index (χ1v) is 5.47. The molecule has 1 aromatic heterocycles. The third kappa shape index (κ3) is 2.51. The van der Waals surface area contributed by atoms with E-state index in [-0.39, 0.29) is 5.28 Å². The van der Waals surface area contributed by atoms with Crippen LogP contribution in [-0.4, -0.2) is 41.3 Å². The van der Waals surface area contributed by atoms with Crippen LogP contribution in [0.2, 0.25) is 5.28 Å². The van der Waals surface area contributed by atoms with Crippen molar-refractivity contribution in [3.8, 4) is 0 Å². The zero-order valence-corrected chi connectivity index (χ0v) is 9.95. The van der Waals surface area contributed by atoms with Gasteiger partial charge in [0.25, 0.3) is 0 Å². The second-order valence-electron chi connectivity index (χ2n) is 3.67. The second-order valence-corrected chi connectivity index (χ2v) is 4.01. The Labute approximate surface area is 98.8 Å². The minimum absolute atomic E-state index is 0.185. The van der Waals surface area contributed by atoms with Gasteiger partial charge in [-0.3, -0.25) is 0 Å². The summed E-state index contributed by atoms with van der Waals surface area (Å²) in [7, 11) is 3.46. The summed E-state index contributed by atoms with van der Waals surface area (Å²) in [6.07, 6.45) is 2.28. The van der Waals surface area contributed by atoms with Gasteiger partial charge in [-0.25, -0.2) is 0 Å². The first-order chi connectivity index (χ1) is 7.71. The van der Waals surface area contributed by atoms with Crippen molar-refractivity contribution in [1.29, 1.82) is 0 Å². The molecular weight excluding hydrogens is 230 g/mol. The van der Waals surface area contributed by atoms with E-state index in [1.807, 2.05) is 0 Å². The molecule has 0 radical (unpaired) electrons. The first kappa shape index (κ1) is 11.3. The van der Waals surface area contributed by atoms with Crippen molar-refractivity contribution >= 4 is 23.5 Å². The van der Waals surface area contributed by atoms with Gasteiger partial charge in [0.05, 0.1) is 6.10 Å². The lowest BCUT2D eigenvalue weighted by Gasteiger charge is -2.34. The van der Waals surface area contributed by atoms with Crippen LogP contribution in [0, 0.1) is 0 Å². The molecule has 1 fully saturated rings. The third-order valence-electron chi connectivity index (χ3n) is 2.59. The number of anilines is 2. The largest absolute Gasteiger partial charge is 0.381 e. The summed E-state index contributed by atoms with van der Waals surface area (Å²) in [6, 6.07) is 0.355. The van der Waals surface area contributed by atoms with Crippen molar-refractivity contribution < 1.29 is 4.74 Å². The lowest BCUT2D eigenvalue weighted by Crippen LogP contribution is -2.40. The number of rotatable bonds is 4. The van der Waals surface area contributed by atoms with Crippen molar-refractivity contribution in [2.45, 2.75) is 25.0 Å². The van der Waals surface area contributed by atoms with Gasteiger partial charge in [-0.2, -0.15) is 15.0 Å². The van der Waals surface area contributed by atoms with Crippen LogP contribution in [-0.2, 0) is 4.74 Å². The molecule has 0 aliphatic heterocycles. The van der Waals surface area contributed by atoms with Crippen LogP contribution in [0.4, 0.5) is 11.9 Å². The molecule has 88 valence electrons. The summed E-state index contributed by atoms with van der Waals surface area (Å²) < 4.78 is 5.19. The normalized spacial score (nSPS) is 23.7. The minimum atomic E-state index is 0.185. The lowest BCUT2D eigenvalue weighted by molar-refractivity contribution is 0.0327. The van der Waals surface area contributed by atoms with Gasteiger partial charge >= 0.3 is 0 Å². The Morgan fingerprint density at radius 3 is 2.56 bits per heavy atom. The maximum Gasteiger partial charge on any atom is 0.229 e. The van der Waals surface area contributed by atoms with Gasteiger partial charge < -0.3 is 15.4 Å². The Morgan fingerprint density at radius 2 is 1.94 bits per heavy atom. The molecule has 1 aliphatic carbocycles. The highest BCUT2D eigenvalue weighted by Crippen LogP contribution is 2.25. The summed E-state index contributed by atoms with van der Waals surface area (Å²) in [6.45, 7) is 0. The first-order valence-electron chi connectivity index (χ1n) is 5.10. The summed E-state index contributed by atoms with van der Waals surface area (Å²) in [5.74, 6) is 0.967. The zero-order chi connectivity index (χ0) is 11.5. The molecule has 0 atom stereocenters. The molecule has 1 heterocycles. The number of halogens is 1. The number of aromatic nitrogens is 3. The molecule has 2 rings (SSSR count). The molecular formula is C9H14ClN5O. The van der Waals surface area contributed by atoms with E-state index < -0.39 is 0 Å². The molecule has 6 nitrogen and oxygen atoms in total. The average molecular weight is 244 g/mol. The van der Waals surface area contributed by atoms with E-state index in [0.717, 1.165) is 12.8 Å².